The van der Waals surface area contributed by atoms with E-state index < -0.39 is 21.3 Å². The second-order valence-electron chi connectivity index (χ2n) is 17.2. The maximum atomic E-state index is 2.84. The Balaban J connectivity index is 0.00000225. The fourth-order valence-electron chi connectivity index (χ4n) is 10.6. The average Bonchev–Trinajstić information content (AvgIpc) is 3.55. The van der Waals surface area contributed by atoms with Gasteiger partial charge in [-0.25, -0.2) is 0 Å². The third kappa shape index (κ3) is 5.41. The molecule has 0 aromatic heterocycles. The molecule has 6 unspecified atom stereocenters. The average molecular weight is 761 g/mol. The molecule has 256 valence electrons. The van der Waals surface area contributed by atoms with E-state index in [1.807, 2.05) is 12.1 Å². The molecule has 4 aliphatic carbocycles. The van der Waals surface area contributed by atoms with Crippen LogP contribution in [0.3, 0.4) is 0 Å². The molecule has 0 spiro atoms. The number of aryl methyl sites for hydroxylation is 1. The van der Waals surface area contributed by atoms with E-state index in [1.54, 1.807) is 33.2 Å². The van der Waals surface area contributed by atoms with Crippen molar-refractivity contribution in [1.29, 1.82) is 0 Å². The van der Waals surface area contributed by atoms with Crippen LogP contribution in [0, 0.1) is 43.9 Å². The summed E-state index contributed by atoms with van der Waals surface area (Å²) in [5.41, 5.74) is 16.2. The molecule has 7 rings (SSSR count). The molecule has 0 aliphatic heterocycles. The smallest absolute Gasteiger partial charge is 1.00 e. The van der Waals surface area contributed by atoms with Crippen LogP contribution in [0.1, 0.15) is 145 Å². The van der Waals surface area contributed by atoms with Crippen LogP contribution >= 0.6 is 0 Å². The van der Waals surface area contributed by atoms with Gasteiger partial charge in [0.2, 0.25) is 0 Å². The van der Waals surface area contributed by atoms with Crippen molar-refractivity contribution < 1.29 is 46.1 Å². The van der Waals surface area contributed by atoms with Gasteiger partial charge in [0.05, 0.1) is 0 Å². The summed E-state index contributed by atoms with van der Waals surface area (Å²) in [5.74, 6) is 2.84. The monoisotopic (exact) mass is 758 g/mol. The number of benzene rings is 3. The summed E-state index contributed by atoms with van der Waals surface area (Å²) >= 11 is -2.51. The molecule has 3 heteroatoms. The van der Waals surface area contributed by atoms with Gasteiger partial charge in [0.25, 0.3) is 0 Å². The zero-order chi connectivity index (χ0) is 33.0. The van der Waals surface area contributed by atoms with Crippen molar-refractivity contribution >= 4 is 14.0 Å². The summed E-state index contributed by atoms with van der Waals surface area (Å²) < 4.78 is 4.16. The van der Waals surface area contributed by atoms with Gasteiger partial charge in [-0.2, -0.15) is 0 Å². The maximum Gasteiger partial charge on any atom is -1.00 e. The minimum absolute atomic E-state index is 0. The van der Waals surface area contributed by atoms with Crippen molar-refractivity contribution in [3.8, 4) is 11.1 Å². The zero-order valence-electron chi connectivity index (χ0n) is 31.7. The normalized spacial score (nSPS) is 27.6. The van der Waals surface area contributed by atoms with Crippen LogP contribution in [0.2, 0.25) is 0 Å². The molecular formula is C45H58Cl2Zr. The molecule has 48 heavy (non-hydrogen) atoms. The van der Waals surface area contributed by atoms with E-state index in [1.165, 1.54) is 59.7 Å². The van der Waals surface area contributed by atoms with Gasteiger partial charge in [-0.05, 0) is 0 Å². The predicted molar refractivity (Wildman–Crippen MR) is 198 cm³/mol. The summed E-state index contributed by atoms with van der Waals surface area (Å²) in [7, 11) is 0. The van der Waals surface area contributed by atoms with E-state index in [9.17, 15) is 0 Å². The topological polar surface area (TPSA) is 0 Å². The van der Waals surface area contributed by atoms with Crippen molar-refractivity contribution in [2.45, 2.75) is 130 Å². The molecule has 0 amide bonds. The molecule has 0 bridgehead atoms. The van der Waals surface area contributed by atoms with Crippen molar-refractivity contribution in [2.75, 3.05) is 0 Å². The fourth-order valence-corrected chi connectivity index (χ4v) is 22.1. The number of hydrogen-bond donors (Lipinski definition) is 0. The minimum Gasteiger partial charge on any atom is -1.00 e. The number of fused-ring (bicyclic) bond motifs is 8. The third-order valence-electron chi connectivity index (χ3n) is 13.8. The van der Waals surface area contributed by atoms with Crippen LogP contribution in [-0.2, 0) is 24.4 Å². The number of hydrogen-bond acceptors (Lipinski definition) is 0. The molecule has 6 atom stereocenters. The number of allylic oxidation sites excluding steroid dienone is 4. The molecule has 0 radical (unpaired) electrons. The number of rotatable bonds is 2. The molecule has 3 aromatic rings. The SMILES string of the molecule is Cc1cc2c(c(C)c1C)C(C)c1c3c(c4ccccc4c1-2)C(C)C(C)C(C)[C]3(C)[Zr+2]([C]1=CC(C(C)(C)C)=CC1C)=[C]1CCCCC1.[Cl-].[Cl-]. The Hall–Kier alpha value is -1.27. The van der Waals surface area contributed by atoms with Crippen molar-refractivity contribution in [2.24, 2.45) is 23.2 Å². The molecule has 0 nitrogen and oxygen atoms in total. The molecule has 1 fully saturated rings. The first-order chi connectivity index (χ1) is 21.7. The molecular weight excluding hydrogens is 703 g/mol. The van der Waals surface area contributed by atoms with E-state index in [-0.39, 0.29) is 33.4 Å². The Bertz CT molecular complexity index is 1870. The van der Waals surface area contributed by atoms with Crippen LogP contribution in [0.25, 0.3) is 21.9 Å². The predicted octanol–water partition coefficient (Wildman–Crippen LogP) is 6.77. The first-order valence-electron chi connectivity index (χ1n) is 18.6. The summed E-state index contributed by atoms with van der Waals surface area (Å²) in [6.07, 6.45) is 12.4. The Morgan fingerprint density at radius 2 is 1.42 bits per heavy atom. The Labute approximate surface area is 312 Å². The second kappa shape index (κ2) is 13.4. The van der Waals surface area contributed by atoms with E-state index in [0.29, 0.717) is 29.6 Å². The fraction of sp³-hybridized carbons (Fsp3) is 0.533. The van der Waals surface area contributed by atoms with Gasteiger partial charge in [0.15, 0.2) is 0 Å². The molecule has 0 heterocycles. The van der Waals surface area contributed by atoms with Gasteiger partial charge < -0.3 is 24.8 Å². The van der Waals surface area contributed by atoms with Crippen LogP contribution in [0.5, 0.6) is 0 Å². The van der Waals surface area contributed by atoms with Crippen molar-refractivity contribution in [1.82, 2.24) is 0 Å². The van der Waals surface area contributed by atoms with Gasteiger partial charge >= 0.3 is 290 Å². The quantitative estimate of drug-likeness (QED) is 0.271. The summed E-state index contributed by atoms with van der Waals surface area (Å²) in [5, 5.41) is 3.05. The van der Waals surface area contributed by atoms with Crippen LogP contribution in [0.4, 0.5) is 0 Å². The Morgan fingerprint density at radius 1 is 0.792 bits per heavy atom. The second-order valence-corrected chi connectivity index (χ2v) is 24.7. The first kappa shape index (κ1) is 38.0. The summed E-state index contributed by atoms with van der Waals surface area (Å²) in [4.78, 5) is 0. The van der Waals surface area contributed by atoms with Gasteiger partial charge in [-0.15, -0.1) is 0 Å². The van der Waals surface area contributed by atoms with Crippen molar-refractivity contribution in [3.05, 3.63) is 90.3 Å². The van der Waals surface area contributed by atoms with Gasteiger partial charge in [-0.3, -0.25) is 0 Å². The molecule has 3 aromatic carbocycles. The molecule has 0 N–H and O–H groups in total. The van der Waals surface area contributed by atoms with Crippen LogP contribution in [0.15, 0.2) is 51.3 Å². The van der Waals surface area contributed by atoms with E-state index in [4.69, 9.17) is 0 Å². The molecule has 1 saturated carbocycles. The van der Waals surface area contributed by atoms with Crippen LogP contribution in [-0.4, -0.2) is 3.21 Å². The van der Waals surface area contributed by atoms with Gasteiger partial charge in [-0.1, -0.05) is 0 Å². The van der Waals surface area contributed by atoms with Crippen LogP contribution < -0.4 is 24.8 Å². The summed E-state index contributed by atoms with van der Waals surface area (Å²) in [6, 6.07) is 12.1. The maximum absolute atomic E-state index is 2.84. The van der Waals surface area contributed by atoms with E-state index in [0.717, 1.165) is 0 Å². The zero-order valence-corrected chi connectivity index (χ0v) is 35.7. The largest absolute Gasteiger partial charge is 1.00 e. The Kier molecular flexibility index (Phi) is 10.6. The van der Waals surface area contributed by atoms with E-state index in [2.05, 4.69) is 126 Å². The molecule has 0 saturated heterocycles. The van der Waals surface area contributed by atoms with Gasteiger partial charge in [0.1, 0.15) is 0 Å². The van der Waals surface area contributed by atoms with Gasteiger partial charge in [0, 0.05) is 0 Å². The third-order valence-corrected chi connectivity index (χ3v) is 24.0. The summed E-state index contributed by atoms with van der Waals surface area (Å²) in [6.45, 7) is 30.2. The Morgan fingerprint density at radius 3 is 2.02 bits per heavy atom. The number of halogens is 2. The minimum atomic E-state index is -2.51. The standard InChI is InChI=1S/C29H33.C10H15.C6H10.2ClH.Zr/c1-14-13-24-25(18(5)15(14)2)21(8)28-27-20(7)17(4)16(3)19(6)26(27)22-11-9-10-12-23(22)29(24)28;1-8-5-6-9(7-8)10(2,3)4;1-2-4-6-5-3-1;;;/h9-13,16-17,19,21H,1-8H3;6-8H,1-4H3;1-5H2;2*1H;/q;;;;;+2/p-2. The van der Waals surface area contributed by atoms with Crippen molar-refractivity contribution in [3.63, 3.8) is 0 Å². The molecule has 4 aliphatic rings. The van der Waals surface area contributed by atoms with E-state index >= 15 is 0 Å². The first-order valence-corrected chi connectivity index (χ1v) is 22.2.